The number of nitrogens with one attached hydrogen (secondary N) is 1. The highest BCUT2D eigenvalue weighted by molar-refractivity contribution is 5.91. The van der Waals surface area contributed by atoms with Crippen LogP contribution in [0.2, 0.25) is 0 Å². The molecule has 1 atom stereocenters. The smallest absolute Gasteiger partial charge is 0.287 e. The van der Waals surface area contributed by atoms with Crippen LogP contribution in [0.4, 0.5) is 0 Å². The summed E-state index contributed by atoms with van der Waals surface area (Å²) in [4.78, 5) is 19.9. The highest BCUT2D eigenvalue weighted by Crippen LogP contribution is 2.10. The first-order valence-electron chi connectivity index (χ1n) is 5.30. The number of rotatable bonds is 3. The van der Waals surface area contributed by atoms with Crippen molar-refractivity contribution in [1.82, 2.24) is 15.3 Å². The van der Waals surface area contributed by atoms with Gasteiger partial charge < -0.3 is 9.73 Å². The minimum Gasteiger partial charge on any atom is -0.456 e. The Kier molecular flexibility index (Phi) is 3.18. The summed E-state index contributed by atoms with van der Waals surface area (Å²) in [6.45, 7) is 3.64. The first-order chi connectivity index (χ1) is 8.16. The summed E-state index contributed by atoms with van der Waals surface area (Å²) < 4.78 is 5.23. The molecule has 0 bridgehead atoms. The molecular formula is C12H13N3O2. The number of aryl methyl sites for hydroxylation is 1. The fraction of sp³-hybridized carbons (Fsp3) is 0.250. The SMILES string of the molecule is Cc1ccc(C(=O)N[C@@H](C)c2cnccn2)o1. The van der Waals surface area contributed by atoms with Gasteiger partial charge in [-0.15, -0.1) is 0 Å². The fourth-order valence-electron chi connectivity index (χ4n) is 1.43. The lowest BCUT2D eigenvalue weighted by Gasteiger charge is -2.11. The highest BCUT2D eigenvalue weighted by atomic mass is 16.3. The number of furan rings is 1. The van der Waals surface area contributed by atoms with Crippen LogP contribution in [0, 0.1) is 6.92 Å². The molecule has 17 heavy (non-hydrogen) atoms. The number of hydrogen-bond acceptors (Lipinski definition) is 4. The Balaban J connectivity index is 2.04. The van der Waals surface area contributed by atoms with E-state index in [1.54, 1.807) is 37.6 Å². The molecule has 0 spiro atoms. The van der Waals surface area contributed by atoms with Gasteiger partial charge in [0, 0.05) is 12.4 Å². The molecule has 0 fully saturated rings. The molecule has 2 aromatic rings. The molecule has 0 unspecified atom stereocenters. The van der Waals surface area contributed by atoms with E-state index in [2.05, 4.69) is 15.3 Å². The zero-order valence-electron chi connectivity index (χ0n) is 9.68. The van der Waals surface area contributed by atoms with E-state index in [1.165, 1.54) is 0 Å². The molecule has 2 rings (SSSR count). The van der Waals surface area contributed by atoms with Crippen molar-refractivity contribution in [3.05, 3.63) is 47.9 Å². The summed E-state index contributed by atoms with van der Waals surface area (Å²) in [7, 11) is 0. The summed E-state index contributed by atoms with van der Waals surface area (Å²) in [5.41, 5.74) is 0.712. The number of aromatic nitrogens is 2. The van der Waals surface area contributed by atoms with E-state index in [0.29, 0.717) is 17.2 Å². The van der Waals surface area contributed by atoms with Gasteiger partial charge in [0.1, 0.15) is 5.76 Å². The number of hydrogen-bond donors (Lipinski definition) is 1. The van der Waals surface area contributed by atoms with Crippen LogP contribution < -0.4 is 5.32 Å². The third-order valence-corrected chi connectivity index (χ3v) is 2.34. The first-order valence-corrected chi connectivity index (χ1v) is 5.30. The van der Waals surface area contributed by atoms with Gasteiger partial charge in [-0.1, -0.05) is 0 Å². The summed E-state index contributed by atoms with van der Waals surface area (Å²) in [5, 5.41) is 2.79. The largest absolute Gasteiger partial charge is 0.456 e. The van der Waals surface area contributed by atoms with Crippen molar-refractivity contribution in [3.63, 3.8) is 0 Å². The maximum atomic E-state index is 11.8. The lowest BCUT2D eigenvalue weighted by atomic mass is 10.2. The normalized spacial score (nSPS) is 12.1. The molecule has 2 heterocycles. The number of nitrogens with zero attached hydrogens (tertiary/aromatic N) is 2. The van der Waals surface area contributed by atoms with Crippen molar-refractivity contribution in [2.45, 2.75) is 19.9 Å². The van der Waals surface area contributed by atoms with Crippen LogP contribution in [0.1, 0.15) is 35.0 Å². The molecule has 2 aromatic heterocycles. The third kappa shape index (κ3) is 2.69. The van der Waals surface area contributed by atoms with Crippen molar-refractivity contribution in [2.24, 2.45) is 0 Å². The zero-order chi connectivity index (χ0) is 12.3. The van der Waals surface area contributed by atoms with E-state index in [9.17, 15) is 4.79 Å². The predicted octanol–water partition coefficient (Wildman–Crippen LogP) is 1.87. The first kappa shape index (κ1) is 11.3. The van der Waals surface area contributed by atoms with E-state index in [0.717, 1.165) is 0 Å². The van der Waals surface area contributed by atoms with Gasteiger partial charge in [0.25, 0.3) is 5.91 Å². The van der Waals surface area contributed by atoms with Crippen LogP contribution in [0.3, 0.4) is 0 Å². The Hall–Kier alpha value is -2.17. The molecule has 0 aliphatic heterocycles. The Morgan fingerprint density at radius 3 is 2.82 bits per heavy atom. The quantitative estimate of drug-likeness (QED) is 0.875. The molecule has 0 saturated carbocycles. The second-order valence-electron chi connectivity index (χ2n) is 3.74. The topological polar surface area (TPSA) is 68.0 Å². The Bertz CT molecular complexity index is 507. The number of carbonyl (C=O) groups is 1. The van der Waals surface area contributed by atoms with Crippen molar-refractivity contribution >= 4 is 5.91 Å². The maximum Gasteiger partial charge on any atom is 0.287 e. The van der Waals surface area contributed by atoms with Crippen molar-refractivity contribution in [1.29, 1.82) is 0 Å². The summed E-state index contributed by atoms with van der Waals surface area (Å²) >= 11 is 0. The number of carbonyl (C=O) groups excluding carboxylic acids is 1. The Labute approximate surface area is 98.9 Å². The second-order valence-corrected chi connectivity index (χ2v) is 3.74. The van der Waals surface area contributed by atoms with Gasteiger partial charge in [0.2, 0.25) is 0 Å². The molecule has 5 nitrogen and oxygen atoms in total. The Morgan fingerprint density at radius 2 is 2.24 bits per heavy atom. The molecule has 0 radical (unpaired) electrons. The van der Waals surface area contributed by atoms with Crippen LogP contribution in [-0.2, 0) is 0 Å². The molecule has 5 heteroatoms. The molecule has 0 aromatic carbocycles. The number of amides is 1. The third-order valence-electron chi connectivity index (χ3n) is 2.34. The summed E-state index contributed by atoms with van der Waals surface area (Å²) in [6.07, 6.45) is 4.81. The molecule has 0 aliphatic rings. The molecule has 1 N–H and O–H groups in total. The highest BCUT2D eigenvalue weighted by Gasteiger charge is 2.14. The van der Waals surface area contributed by atoms with E-state index in [-0.39, 0.29) is 11.9 Å². The van der Waals surface area contributed by atoms with Crippen LogP contribution in [0.5, 0.6) is 0 Å². The van der Waals surface area contributed by atoms with E-state index in [1.807, 2.05) is 6.92 Å². The standard InChI is InChI=1S/C12H13N3O2/c1-8-3-4-11(17-8)12(16)15-9(2)10-7-13-5-6-14-10/h3-7,9H,1-2H3,(H,15,16)/t9-/m0/s1. The molecule has 1 amide bonds. The minimum atomic E-state index is -0.253. The van der Waals surface area contributed by atoms with Crippen LogP contribution in [-0.4, -0.2) is 15.9 Å². The maximum absolute atomic E-state index is 11.8. The molecule has 88 valence electrons. The summed E-state index contributed by atoms with van der Waals surface area (Å²) in [5.74, 6) is 0.761. The van der Waals surface area contributed by atoms with Gasteiger partial charge in [-0.25, -0.2) is 0 Å². The van der Waals surface area contributed by atoms with E-state index >= 15 is 0 Å². The predicted molar refractivity (Wildman–Crippen MR) is 61.4 cm³/mol. The van der Waals surface area contributed by atoms with Gasteiger partial charge in [-0.05, 0) is 26.0 Å². The fourth-order valence-corrected chi connectivity index (χ4v) is 1.43. The van der Waals surface area contributed by atoms with Crippen molar-refractivity contribution in [2.75, 3.05) is 0 Å². The van der Waals surface area contributed by atoms with E-state index in [4.69, 9.17) is 4.42 Å². The van der Waals surface area contributed by atoms with Gasteiger partial charge in [0.05, 0.1) is 17.9 Å². The monoisotopic (exact) mass is 231 g/mol. The average molecular weight is 231 g/mol. The lowest BCUT2D eigenvalue weighted by molar-refractivity contribution is 0.0909. The second kappa shape index (κ2) is 4.78. The molecular weight excluding hydrogens is 218 g/mol. The van der Waals surface area contributed by atoms with E-state index < -0.39 is 0 Å². The van der Waals surface area contributed by atoms with Gasteiger partial charge in [0.15, 0.2) is 5.76 Å². The van der Waals surface area contributed by atoms with Gasteiger partial charge in [-0.2, -0.15) is 0 Å². The van der Waals surface area contributed by atoms with Gasteiger partial charge >= 0.3 is 0 Å². The lowest BCUT2D eigenvalue weighted by Crippen LogP contribution is -2.26. The minimum absolute atomic E-state index is 0.207. The molecule has 0 aliphatic carbocycles. The zero-order valence-corrected chi connectivity index (χ0v) is 9.68. The molecule has 0 saturated heterocycles. The van der Waals surface area contributed by atoms with Crippen LogP contribution >= 0.6 is 0 Å². The van der Waals surface area contributed by atoms with Crippen molar-refractivity contribution in [3.8, 4) is 0 Å². The van der Waals surface area contributed by atoms with Crippen LogP contribution in [0.25, 0.3) is 0 Å². The van der Waals surface area contributed by atoms with Crippen LogP contribution in [0.15, 0.2) is 35.1 Å². The Morgan fingerprint density at radius 1 is 1.41 bits per heavy atom. The summed E-state index contributed by atoms with van der Waals surface area (Å²) in [6, 6.07) is 3.19. The average Bonchev–Trinajstić information content (AvgIpc) is 2.77. The van der Waals surface area contributed by atoms with Crippen molar-refractivity contribution < 1.29 is 9.21 Å². The van der Waals surface area contributed by atoms with Gasteiger partial charge in [-0.3, -0.25) is 14.8 Å².